The van der Waals surface area contributed by atoms with Crippen molar-refractivity contribution in [2.75, 3.05) is 6.54 Å². The predicted octanol–water partition coefficient (Wildman–Crippen LogP) is 4.02. The van der Waals surface area contributed by atoms with E-state index >= 15 is 0 Å². The highest BCUT2D eigenvalue weighted by Gasteiger charge is 2.40. The molecule has 2 rings (SSSR count). The molecule has 1 saturated carbocycles. The summed E-state index contributed by atoms with van der Waals surface area (Å²) in [5, 5.41) is 3.63. The molecule has 0 aliphatic heterocycles. The highest BCUT2D eigenvalue weighted by atomic mass is 19.1. The molecule has 1 aromatic carbocycles. The monoisotopic (exact) mass is 249 g/mol. The maximum absolute atomic E-state index is 13.1. The van der Waals surface area contributed by atoms with E-state index < -0.39 is 0 Å². The van der Waals surface area contributed by atoms with Crippen LogP contribution < -0.4 is 5.32 Å². The number of rotatable bonds is 5. The predicted molar refractivity (Wildman–Crippen MR) is 74.4 cm³/mol. The largest absolute Gasteiger partial charge is 0.314 e. The van der Waals surface area contributed by atoms with Gasteiger partial charge in [-0.3, -0.25) is 0 Å². The molecule has 0 radical (unpaired) electrons. The summed E-state index contributed by atoms with van der Waals surface area (Å²) in [6, 6.07) is 5.90. The van der Waals surface area contributed by atoms with Gasteiger partial charge < -0.3 is 5.32 Å². The third-order valence-corrected chi connectivity index (χ3v) is 4.30. The molecule has 100 valence electrons. The van der Waals surface area contributed by atoms with Crippen LogP contribution in [0.15, 0.2) is 18.2 Å². The van der Waals surface area contributed by atoms with E-state index in [-0.39, 0.29) is 5.82 Å². The van der Waals surface area contributed by atoms with E-state index in [0.717, 1.165) is 12.1 Å². The first kappa shape index (κ1) is 13.5. The molecule has 0 spiro atoms. The molecular weight excluding hydrogens is 225 g/mol. The zero-order chi connectivity index (χ0) is 13.1. The molecule has 18 heavy (non-hydrogen) atoms. The van der Waals surface area contributed by atoms with Gasteiger partial charge in [-0.25, -0.2) is 4.39 Å². The lowest BCUT2D eigenvalue weighted by atomic mass is 9.64. The summed E-state index contributed by atoms with van der Waals surface area (Å²) in [6.07, 6.45) is 3.58. The lowest BCUT2D eigenvalue weighted by Gasteiger charge is -2.46. The Bertz CT molecular complexity index is 402. The summed E-state index contributed by atoms with van der Waals surface area (Å²) in [6.45, 7) is 7.60. The summed E-state index contributed by atoms with van der Waals surface area (Å²) >= 11 is 0. The Morgan fingerprint density at radius 2 is 2.11 bits per heavy atom. The molecule has 3 unspecified atom stereocenters. The Hall–Kier alpha value is -0.890. The molecular formula is C16H24FN. The second kappa shape index (κ2) is 5.83. The Balaban J connectivity index is 2.06. The summed E-state index contributed by atoms with van der Waals surface area (Å²) in [5.74, 6) is 1.20. The van der Waals surface area contributed by atoms with Gasteiger partial charge in [-0.2, -0.15) is 0 Å². The minimum absolute atomic E-state index is 0.121. The molecule has 0 aromatic heterocycles. The number of aryl methyl sites for hydroxylation is 1. The summed E-state index contributed by atoms with van der Waals surface area (Å²) < 4.78 is 13.1. The van der Waals surface area contributed by atoms with Gasteiger partial charge in [0.05, 0.1) is 0 Å². The van der Waals surface area contributed by atoms with Gasteiger partial charge in [-0.1, -0.05) is 26.3 Å². The van der Waals surface area contributed by atoms with Gasteiger partial charge in [0.1, 0.15) is 5.82 Å². The zero-order valence-corrected chi connectivity index (χ0v) is 11.7. The van der Waals surface area contributed by atoms with Crippen LogP contribution in [-0.4, -0.2) is 12.6 Å². The van der Waals surface area contributed by atoms with Crippen molar-refractivity contribution < 1.29 is 4.39 Å². The highest BCUT2D eigenvalue weighted by molar-refractivity contribution is 5.33. The van der Waals surface area contributed by atoms with E-state index in [9.17, 15) is 4.39 Å². The Morgan fingerprint density at radius 1 is 1.33 bits per heavy atom. The summed E-state index contributed by atoms with van der Waals surface area (Å²) in [5.41, 5.74) is 2.45. The van der Waals surface area contributed by atoms with E-state index in [2.05, 4.69) is 19.2 Å². The fourth-order valence-corrected chi connectivity index (χ4v) is 3.25. The molecule has 2 heteroatoms. The van der Waals surface area contributed by atoms with Crippen LogP contribution in [0.25, 0.3) is 0 Å². The third-order valence-electron chi connectivity index (χ3n) is 4.30. The molecule has 0 saturated heterocycles. The maximum atomic E-state index is 13.1. The Morgan fingerprint density at radius 3 is 2.72 bits per heavy atom. The molecule has 3 atom stereocenters. The number of benzene rings is 1. The van der Waals surface area contributed by atoms with Gasteiger partial charge in [-0.05, 0) is 61.4 Å². The molecule has 1 aliphatic carbocycles. The van der Waals surface area contributed by atoms with E-state index in [4.69, 9.17) is 0 Å². The molecule has 0 bridgehead atoms. The van der Waals surface area contributed by atoms with Gasteiger partial charge in [0.25, 0.3) is 0 Å². The van der Waals surface area contributed by atoms with Crippen molar-refractivity contribution in [2.24, 2.45) is 5.92 Å². The molecule has 1 aromatic rings. The van der Waals surface area contributed by atoms with Crippen LogP contribution in [0.3, 0.4) is 0 Å². The highest BCUT2D eigenvalue weighted by Crippen LogP contribution is 2.45. The van der Waals surface area contributed by atoms with E-state index in [1.165, 1.54) is 24.8 Å². The number of hydrogen-bond donors (Lipinski definition) is 1. The molecule has 1 aliphatic rings. The van der Waals surface area contributed by atoms with Crippen molar-refractivity contribution in [1.82, 2.24) is 5.32 Å². The van der Waals surface area contributed by atoms with Crippen LogP contribution >= 0.6 is 0 Å². The average molecular weight is 249 g/mol. The van der Waals surface area contributed by atoms with Crippen LogP contribution in [0.4, 0.5) is 4.39 Å². The topological polar surface area (TPSA) is 12.0 Å². The minimum Gasteiger partial charge on any atom is -0.314 e. The number of nitrogens with one attached hydrogen (secondary N) is 1. The van der Waals surface area contributed by atoms with E-state index in [1.807, 2.05) is 13.0 Å². The maximum Gasteiger partial charge on any atom is 0.123 e. The molecule has 1 nitrogen and oxygen atoms in total. The van der Waals surface area contributed by atoms with Crippen LogP contribution in [-0.2, 0) is 0 Å². The fraction of sp³-hybridized carbons (Fsp3) is 0.625. The fourth-order valence-electron chi connectivity index (χ4n) is 3.25. The SMILES string of the molecule is CCCNC1CC(c2ccc(F)cc2C)C1CC. The quantitative estimate of drug-likeness (QED) is 0.831. The standard InChI is InChI=1S/C16H24FN/c1-4-8-18-16-10-15(13(16)5-2)14-7-6-12(17)9-11(14)3/h6-7,9,13,15-16,18H,4-5,8,10H2,1-3H3. The molecule has 1 N–H and O–H groups in total. The Labute approximate surface area is 110 Å². The first-order valence-electron chi connectivity index (χ1n) is 7.16. The third kappa shape index (κ3) is 2.59. The summed E-state index contributed by atoms with van der Waals surface area (Å²) in [7, 11) is 0. The molecule has 0 heterocycles. The van der Waals surface area contributed by atoms with E-state index in [1.54, 1.807) is 12.1 Å². The lowest BCUT2D eigenvalue weighted by molar-refractivity contribution is 0.160. The van der Waals surface area contributed by atoms with Crippen molar-refractivity contribution in [3.63, 3.8) is 0 Å². The Kier molecular flexibility index (Phi) is 4.39. The first-order valence-corrected chi connectivity index (χ1v) is 7.16. The van der Waals surface area contributed by atoms with Crippen LogP contribution in [0.1, 0.15) is 50.2 Å². The first-order chi connectivity index (χ1) is 8.67. The van der Waals surface area contributed by atoms with Crippen LogP contribution in [0, 0.1) is 18.7 Å². The second-order valence-corrected chi connectivity index (χ2v) is 5.48. The van der Waals surface area contributed by atoms with Crippen molar-refractivity contribution in [3.05, 3.63) is 35.1 Å². The zero-order valence-electron chi connectivity index (χ0n) is 11.7. The van der Waals surface area contributed by atoms with Gasteiger partial charge in [-0.15, -0.1) is 0 Å². The molecule has 1 fully saturated rings. The number of halogens is 1. The number of hydrogen-bond acceptors (Lipinski definition) is 1. The van der Waals surface area contributed by atoms with Gasteiger partial charge in [0, 0.05) is 6.04 Å². The van der Waals surface area contributed by atoms with Crippen molar-refractivity contribution in [2.45, 2.75) is 52.0 Å². The van der Waals surface area contributed by atoms with Crippen molar-refractivity contribution >= 4 is 0 Å². The minimum atomic E-state index is -0.121. The second-order valence-electron chi connectivity index (χ2n) is 5.48. The van der Waals surface area contributed by atoms with Crippen molar-refractivity contribution in [1.29, 1.82) is 0 Å². The average Bonchev–Trinajstić information content (AvgIpc) is 2.31. The smallest absolute Gasteiger partial charge is 0.123 e. The van der Waals surface area contributed by atoms with Crippen molar-refractivity contribution in [3.8, 4) is 0 Å². The van der Waals surface area contributed by atoms with Crippen LogP contribution in [0.2, 0.25) is 0 Å². The normalized spacial score (nSPS) is 27.0. The molecule has 0 amide bonds. The lowest BCUT2D eigenvalue weighted by Crippen LogP contribution is -2.49. The van der Waals surface area contributed by atoms with E-state index in [0.29, 0.717) is 17.9 Å². The van der Waals surface area contributed by atoms with Gasteiger partial charge in [0.2, 0.25) is 0 Å². The van der Waals surface area contributed by atoms with Crippen LogP contribution in [0.5, 0.6) is 0 Å². The van der Waals surface area contributed by atoms with Gasteiger partial charge >= 0.3 is 0 Å². The van der Waals surface area contributed by atoms with Gasteiger partial charge in [0.15, 0.2) is 0 Å². The summed E-state index contributed by atoms with van der Waals surface area (Å²) in [4.78, 5) is 0.